The number of hydrazone groups is 1. The molecule has 0 atom stereocenters. The molecule has 1 aromatic heterocycles. The first-order valence-corrected chi connectivity index (χ1v) is 5.81. The fourth-order valence-electron chi connectivity index (χ4n) is 1.49. The highest BCUT2D eigenvalue weighted by atomic mass is 16.6. The summed E-state index contributed by atoms with van der Waals surface area (Å²) in [4.78, 5) is 24.5. The number of aromatic nitrogens is 3. The summed E-state index contributed by atoms with van der Waals surface area (Å²) in [6.07, 6.45) is 1.07. The number of anilines is 1. The number of phenols is 2. The lowest BCUT2D eigenvalue weighted by atomic mass is 10.2. The Morgan fingerprint density at radius 2 is 2.14 bits per heavy atom. The molecule has 4 N–H and O–H groups in total. The van der Waals surface area contributed by atoms with Crippen molar-refractivity contribution in [2.45, 2.75) is 6.92 Å². The maximum absolute atomic E-state index is 11.0. The van der Waals surface area contributed by atoms with Crippen LogP contribution >= 0.6 is 0 Å². The van der Waals surface area contributed by atoms with Crippen molar-refractivity contribution in [2.24, 2.45) is 5.10 Å². The Bertz CT molecular complexity index is 815. The molecule has 0 saturated heterocycles. The van der Waals surface area contributed by atoms with Gasteiger partial charge in [-0.05, 0) is 6.92 Å². The first-order valence-electron chi connectivity index (χ1n) is 5.81. The summed E-state index contributed by atoms with van der Waals surface area (Å²) in [6, 6.07) is 1.78. The molecule has 0 amide bonds. The van der Waals surface area contributed by atoms with Crippen LogP contribution in [0.3, 0.4) is 0 Å². The maximum atomic E-state index is 11.0. The van der Waals surface area contributed by atoms with Gasteiger partial charge in [0.05, 0.1) is 11.1 Å². The van der Waals surface area contributed by atoms with Crippen LogP contribution in [0.4, 0.5) is 11.5 Å². The van der Waals surface area contributed by atoms with E-state index in [1.807, 2.05) is 0 Å². The van der Waals surface area contributed by atoms with Gasteiger partial charge in [0, 0.05) is 17.7 Å². The predicted molar refractivity (Wildman–Crippen MR) is 75.0 cm³/mol. The highest BCUT2D eigenvalue weighted by Crippen LogP contribution is 2.31. The zero-order valence-electron chi connectivity index (χ0n) is 11.1. The average Bonchev–Trinajstić information content (AvgIpc) is 2.44. The average molecular weight is 306 g/mol. The molecule has 2 aromatic rings. The number of rotatable bonds is 4. The summed E-state index contributed by atoms with van der Waals surface area (Å²) >= 11 is 0. The van der Waals surface area contributed by atoms with Gasteiger partial charge < -0.3 is 10.2 Å². The van der Waals surface area contributed by atoms with E-state index in [-0.39, 0.29) is 11.4 Å². The van der Waals surface area contributed by atoms with Crippen LogP contribution in [0.25, 0.3) is 0 Å². The van der Waals surface area contributed by atoms with Gasteiger partial charge in [-0.15, -0.1) is 0 Å². The Kier molecular flexibility index (Phi) is 3.97. The van der Waals surface area contributed by atoms with Gasteiger partial charge in [0.15, 0.2) is 11.6 Å². The Morgan fingerprint density at radius 1 is 1.41 bits per heavy atom. The number of aryl methyl sites for hydroxylation is 1. The molecule has 1 heterocycles. The predicted octanol–water partition coefficient (Wildman–Crippen LogP) is 0.239. The van der Waals surface area contributed by atoms with Crippen molar-refractivity contribution >= 4 is 17.7 Å². The van der Waals surface area contributed by atoms with Gasteiger partial charge in [0.1, 0.15) is 11.4 Å². The molecule has 2 rings (SSSR count). The van der Waals surface area contributed by atoms with E-state index < -0.39 is 27.8 Å². The molecule has 114 valence electrons. The number of hydrogen-bond donors (Lipinski definition) is 4. The highest BCUT2D eigenvalue weighted by molar-refractivity contribution is 5.85. The molecule has 11 heteroatoms. The summed E-state index contributed by atoms with van der Waals surface area (Å²) < 4.78 is 0. The van der Waals surface area contributed by atoms with Crippen molar-refractivity contribution in [2.75, 3.05) is 5.43 Å². The number of aromatic amines is 1. The zero-order chi connectivity index (χ0) is 16.3. The van der Waals surface area contributed by atoms with E-state index in [4.69, 9.17) is 0 Å². The summed E-state index contributed by atoms with van der Waals surface area (Å²) in [5, 5.41) is 39.2. The smallest absolute Gasteiger partial charge is 0.363 e. The SMILES string of the molecule is Cc1n[nH]c(=O)nc1N/N=C/c1cc([N+](=O)[O-])c(O)cc1O. The molecule has 0 aliphatic carbocycles. The second-order valence-electron chi connectivity index (χ2n) is 4.10. The minimum Gasteiger partial charge on any atom is -0.507 e. The minimum absolute atomic E-state index is 0.00699. The number of H-pyrrole nitrogens is 1. The third-order valence-corrected chi connectivity index (χ3v) is 2.57. The topological polar surface area (TPSA) is 167 Å². The lowest BCUT2D eigenvalue weighted by Gasteiger charge is -2.02. The fraction of sp³-hybridized carbons (Fsp3) is 0.0909. The number of hydrogen-bond acceptors (Lipinski definition) is 9. The minimum atomic E-state index is -0.800. The largest absolute Gasteiger partial charge is 0.507 e. The van der Waals surface area contributed by atoms with Crippen LogP contribution in [0.1, 0.15) is 11.3 Å². The Balaban J connectivity index is 2.27. The lowest BCUT2D eigenvalue weighted by molar-refractivity contribution is -0.385. The van der Waals surface area contributed by atoms with E-state index in [9.17, 15) is 25.1 Å². The van der Waals surface area contributed by atoms with Crippen LogP contribution in [0.5, 0.6) is 11.5 Å². The molecular weight excluding hydrogens is 296 g/mol. The van der Waals surface area contributed by atoms with E-state index in [0.717, 1.165) is 18.3 Å². The standard InChI is InChI=1S/C11H10N6O5/c1-5-10(13-11(20)16-14-5)15-12-4-6-2-7(17(21)22)9(19)3-8(6)18/h2-4,18-19H,1H3,(H2,13,15,16,20)/b12-4+. The number of aromatic hydroxyl groups is 2. The molecule has 11 nitrogen and oxygen atoms in total. The molecule has 0 unspecified atom stereocenters. The van der Waals surface area contributed by atoms with E-state index in [2.05, 4.69) is 25.7 Å². The second-order valence-corrected chi connectivity index (χ2v) is 4.10. The van der Waals surface area contributed by atoms with Gasteiger partial charge in [-0.3, -0.25) is 15.5 Å². The Morgan fingerprint density at radius 3 is 2.82 bits per heavy atom. The van der Waals surface area contributed by atoms with Gasteiger partial charge in [-0.25, -0.2) is 9.89 Å². The van der Waals surface area contributed by atoms with Crippen LogP contribution in [-0.2, 0) is 0 Å². The van der Waals surface area contributed by atoms with E-state index in [1.54, 1.807) is 6.92 Å². The number of nitro groups is 1. The molecule has 0 spiro atoms. The summed E-state index contributed by atoms with van der Waals surface area (Å²) in [6.45, 7) is 1.57. The summed E-state index contributed by atoms with van der Waals surface area (Å²) in [5.41, 5.74) is 1.54. The highest BCUT2D eigenvalue weighted by Gasteiger charge is 2.16. The number of nitro benzene ring substituents is 1. The Hall–Kier alpha value is -3.50. The molecule has 0 saturated carbocycles. The number of benzene rings is 1. The van der Waals surface area contributed by atoms with Crippen molar-refractivity contribution < 1.29 is 15.1 Å². The first kappa shape index (κ1) is 14.9. The van der Waals surface area contributed by atoms with Crippen molar-refractivity contribution in [1.29, 1.82) is 0 Å². The van der Waals surface area contributed by atoms with Crippen molar-refractivity contribution in [3.8, 4) is 11.5 Å². The van der Waals surface area contributed by atoms with Gasteiger partial charge in [-0.1, -0.05) is 0 Å². The van der Waals surface area contributed by atoms with E-state index >= 15 is 0 Å². The summed E-state index contributed by atoms with van der Waals surface area (Å²) in [5.74, 6) is -0.973. The quantitative estimate of drug-likeness (QED) is 0.354. The third-order valence-electron chi connectivity index (χ3n) is 2.57. The number of nitrogens with one attached hydrogen (secondary N) is 2. The Labute approximate surface area is 122 Å². The van der Waals surface area contributed by atoms with Crippen LogP contribution in [-0.4, -0.2) is 36.5 Å². The summed E-state index contributed by atoms with van der Waals surface area (Å²) in [7, 11) is 0. The molecule has 22 heavy (non-hydrogen) atoms. The van der Waals surface area contributed by atoms with Crippen molar-refractivity contribution in [3.05, 3.63) is 44.0 Å². The van der Waals surface area contributed by atoms with Crippen molar-refractivity contribution in [1.82, 2.24) is 15.2 Å². The van der Waals surface area contributed by atoms with E-state index in [1.165, 1.54) is 0 Å². The molecule has 0 aliphatic heterocycles. The second kappa shape index (κ2) is 5.87. The first-order chi connectivity index (χ1) is 10.4. The molecule has 0 bridgehead atoms. The van der Waals surface area contributed by atoms with Crippen molar-refractivity contribution in [3.63, 3.8) is 0 Å². The van der Waals surface area contributed by atoms with Gasteiger partial charge in [0.25, 0.3) is 0 Å². The van der Waals surface area contributed by atoms with Crippen LogP contribution < -0.4 is 11.1 Å². The molecule has 0 aliphatic rings. The normalized spacial score (nSPS) is 10.8. The number of nitrogens with zero attached hydrogens (tertiary/aromatic N) is 4. The molecule has 0 radical (unpaired) electrons. The fourth-order valence-corrected chi connectivity index (χ4v) is 1.49. The van der Waals surface area contributed by atoms with Crippen LogP contribution in [0.2, 0.25) is 0 Å². The monoisotopic (exact) mass is 306 g/mol. The van der Waals surface area contributed by atoms with Gasteiger partial charge in [0.2, 0.25) is 0 Å². The molecule has 0 fully saturated rings. The molecule has 1 aromatic carbocycles. The third kappa shape index (κ3) is 3.15. The number of phenolic OH excluding ortho intramolecular Hbond substituents is 2. The van der Waals surface area contributed by atoms with Gasteiger partial charge in [-0.2, -0.15) is 15.2 Å². The van der Waals surface area contributed by atoms with E-state index in [0.29, 0.717) is 5.69 Å². The van der Waals surface area contributed by atoms with Crippen LogP contribution in [0.15, 0.2) is 22.0 Å². The van der Waals surface area contributed by atoms with Gasteiger partial charge >= 0.3 is 11.4 Å². The maximum Gasteiger partial charge on any atom is 0.363 e. The van der Waals surface area contributed by atoms with Crippen LogP contribution in [0, 0.1) is 17.0 Å². The molecular formula is C11H10N6O5. The zero-order valence-corrected chi connectivity index (χ0v) is 11.1. The lowest BCUT2D eigenvalue weighted by Crippen LogP contribution is -2.15.